The van der Waals surface area contributed by atoms with Crippen LogP contribution in [0.4, 0.5) is 0 Å². The van der Waals surface area contributed by atoms with Gasteiger partial charge in [0.1, 0.15) is 0 Å². The maximum absolute atomic E-state index is 12.9. The lowest BCUT2D eigenvalue weighted by molar-refractivity contribution is -0.126. The smallest absolute Gasteiger partial charge is 0.243 e. The van der Waals surface area contributed by atoms with E-state index in [0.29, 0.717) is 44.0 Å². The van der Waals surface area contributed by atoms with Gasteiger partial charge in [0.25, 0.3) is 0 Å². The first-order valence-electron chi connectivity index (χ1n) is 9.05. The molecule has 0 radical (unpaired) electrons. The van der Waals surface area contributed by atoms with Crippen LogP contribution < -0.4 is 20.5 Å². The molecule has 1 atom stereocenters. The second-order valence-electron chi connectivity index (χ2n) is 6.75. The molecule has 1 heterocycles. The summed E-state index contributed by atoms with van der Waals surface area (Å²) in [6.45, 7) is 3.05. The molecule has 0 aliphatic carbocycles. The van der Waals surface area contributed by atoms with Crippen LogP contribution >= 0.6 is 12.4 Å². The van der Waals surface area contributed by atoms with Gasteiger partial charge in [0.2, 0.25) is 15.9 Å². The number of sulfonamides is 1. The Morgan fingerprint density at radius 3 is 2.39 bits per heavy atom. The van der Waals surface area contributed by atoms with Gasteiger partial charge in [-0.05, 0) is 38.3 Å². The van der Waals surface area contributed by atoms with E-state index in [1.54, 1.807) is 6.07 Å². The van der Waals surface area contributed by atoms with Crippen molar-refractivity contribution < 1.29 is 22.7 Å². The zero-order chi connectivity index (χ0) is 20.0. The molecule has 3 N–H and O–H groups in total. The molecule has 1 aliphatic rings. The normalized spacial score (nSPS) is 16.7. The van der Waals surface area contributed by atoms with Gasteiger partial charge in [0.15, 0.2) is 11.5 Å². The van der Waals surface area contributed by atoms with Gasteiger partial charge in [-0.1, -0.05) is 0 Å². The van der Waals surface area contributed by atoms with E-state index in [-0.39, 0.29) is 35.2 Å². The van der Waals surface area contributed by atoms with Crippen molar-refractivity contribution in [3.63, 3.8) is 0 Å². The highest BCUT2D eigenvalue weighted by Gasteiger charge is 2.32. The van der Waals surface area contributed by atoms with Gasteiger partial charge >= 0.3 is 0 Å². The number of nitrogens with two attached hydrogens (primary N) is 1. The molecule has 1 unspecified atom stereocenters. The van der Waals surface area contributed by atoms with Crippen molar-refractivity contribution in [3.05, 3.63) is 18.2 Å². The summed E-state index contributed by atoms with van der Waals surface area (Å²) in [5.74, 6) is 0.634. The van der Waals surface area contributed by atoms with Crippen molar-refractivity contribution in [3.8, 4) is 11.5 Å². The third-order valence-corrected chi connectivity index (χ3v) is 6.61. The second kappa shape index (κ2) is 10.8. The van der Waals surface area contributed by atoms with E-state index in [4.69, 9.17) is 15.2 Å². The third kappa shape index (κ3) is 5.97. The molecule has 160 valence electrons. The van der Waals surface area contributed by atoms with Gasteiger partial charge in [-0.3, -0.25) is 4.79 Å². The van der Waals surface area contributed by atoms with Crippen LogP contribution in [0.5, 0.6) is 11.5 Å². The molecule has 0 spiro atoms. The molecule has 1 fully saturated rings. The van der Waals surface area contributed by atoms with E-state index < -0.39 is 10.0 Å². The summed E-state index contributed by atoms with van der Waals surface area (Å²) >= 11 is 0. The molecule has 1 aliphatic heterocycles. The van der Waals surface area contributed by atoms with E-state index in [1.165, 1.54) is 30.7 Å². The van der Waals surface area contributed by atoms with Crippen LogP contribution in [0.15, 0.2) is 23.1 Å². The molecule has 8 nitrogen and oxygen atoms in total. The lowest BCUT2D eigenvalue weighted by Gasteiger charge is -2.30. The summed E-state index contributed by atoms with van der Waals surface area (Å²) in [7, 11) is -0.689. The molecular weight excluding hydrogens is 406 g/mol. The Morgan fingerprint density at radius 2 is 1.86 bits per heavy atom. The van der Waals surface area contributed by atoms with Gasteiger partial charge in [-0.2, -0.15) is 4.31 Å². The number of hydrogen-bond donors (Lipinski definition) is 2. The SMILES string of the molecule is COc1ccc(S(=O)(=O)N2CCC(C(=O)NCCC(C)N)CC2)cc1OC.Cl. The summed E-state index contributed by atoms with van der Waals surface area (Å²) < 4.78 is 37.5. The highest BCUT2D eigenvalue weighted by Crippen LogP contribution is 2.31. The quantitative estimate of drug-likeness (QED) is 0.638. The Bertz CT molecular complexity index is 750. The maximum Gasteiger partial charge on any atom is 0.243 e. The second-order valence-corrected chi connectivity index (χ2v) is 8.69. The fourth-order valence-electron chi connectivity index (χ4n) is 3.05. The molecule has 1 saturated heterocycles. The van der Waals surface area contributed by atoms with Crippen molar-refractivity contribution in [2.45, 2.75) is 37.1 Å². The number of benzene rings is 1. The summed E-state index contributed by atoms with van der Waals surface area (Å²) in [6.07, 6.45) is 1.71. The highest BCUT2D eigenvalue weighted by molar-refractivity contribution is 7.89. The average Bonchev–Trinajstić information content (AvgIpc) is 2.67. The topological polar surface area (TPSA) is 111 Å². The molecule has 2 rings (SSSR count). The standard InChI is InChI=1S/C18H29N3O5S.ClH/c1-13(19)6-9-20-18(22)14-7-10-21(11-8-14)27(23,24)15-4-5-16(25-2)17(12-15)26-3;/h4-5,12-14H,6-11,19H2,1-3H3,(H,20,22);1H. The van der Waals surface area contributed by atoms with Gasteiger partial charge in [0.05, 0.1) is 19.1 Å². The minimum absolute atomic E-state index is 0. The maximum atomic E-state index is 12.9. The summed E-state index contributed by atoms with van der Waals surface area (Å²) in [6, 6.07) is 4.58. The number of nitrogens with one attached hydrogen (secondary N) is 1. The molecule has 1 aromatic carbocycles. The van der Waals surface area contributed by atoms with Gasteiger partial charge < -0.3 is 20.5 Å². The van der Waals surface area contributed by atoms with Crippen molar-refractivity contribution in [2.24, 2.45) is 11.7 Å². The predicted octanol–water partition coefficient (Wildman–Crippen LogP) is 1.38. The van der Waals surface area contributed by atoms with Gasteiger partial charge in [-0.25, -0.2) is 8.42 Å². The number of rotatable bonds is 8. The zero-order valence-electron chi connectivity index (χ0n) is 16.5. The summed E-state index contributed by atoms with van der Waals surface area (Å²) in [5, 5.41) is 2.88. The highest BCUT2D eigenvalue weighted by atomic mass is 35.5. The number of hydrogen-bond acceptors (Lipinski definition) is 6. The van der Waals surface area contributed by atoms with Gasteiger partial charge in [-0.15, -0.1) is 12.4 Å². The van der Waals surface area contributed by atoms with Crippen molar-refractivity contribution in [1.29, 1.82) is 0 Å². The number of ether oxygens (including phenoxy) is 2. The van der Waals surface area contributed by atoms with E-state index >= 15 is 0 Å². The molecular formula is C18H30ClN3O5S. The first-order valence-corrected chi connectivity index (χ1v) is 10.5. The Balaban J connectivity index is 0.00000392. The number of carbonyl (C=O) groups excluding carboxylic acids is 1. The number of piperidine rings is 1. The minimum Gasteiger partial charge on any atom is -0.493 e. The largest absolute Gasteiger partial charge is 0.493 e. The number of nitrogens with zero attached hydrogens (tertiary/aromatic N) is 1. The minimum atomic E-state index is -3.65. The average molecular weight is 436 g/mol. The fourth-order valence-corrected chi connectivity index (χ4v) is 4.54. The summed E-state index contributed by atoms with van der Waals surface area (Å²) in [4.78, 5) is 12.4. The van der Waals surface area contributed by atoms with E-state index in [2.05, 4.69) is 5.32 Å². The van der Waals surface area contributed by atoms with Crippen molar-refractivity contribution in [2.75, 3.05) is 33.9 Å². The number of methoxy groups -OCH3 is 2. The molecule has 0 aromatic heterocycles. The van der Waals surface area contributed by atoms with Gasteiger partial charge in [0, 0.05) is 37.7 Å². The number of halogens is 1. The van der Waals surface area contributed by atoms with Crippen LogP contribution in [0, 0.1) is 5.92 Å². The van der Waals surface area contributed by atoms with E-state index in [9.17, 15) is 13.2 Å². The predicted molar refractivity (Wildman–Crippen MR) is 110 cm³/mol. The Hall–Kier alpha value is -1.55. The molecule has 1 aromatic rings. The lowest BCUT2D eigenvalue weighted by atomic mass is 9.97. The molecule has 10 heteroatoms. The van der Waals surface area contributed by atoms with Crippen LogP contribution in [-0.2, 0) is 14.8 Å². The van der Waals surface area contributed by atoms with Crippen molar-refractivity contribution >= 4 is 28.3 Å². The fraction of sp³-hybridized carbons (Fsp3) is 0.611. The van der Waals surface area contributed by atoms with Crippen molar-refractivity contribution in [1.82, 2.24) is 9.62 Å². The van der Waals surface area contributed by atoms with Crippen LogP contribution in [-0.4, -0.2) is 58.5 Å². The zero-order valence-corrected chi connectivity index (χ0v) is 18.1. The lowest BCUT2D eigenvalue weighted by Crippen LogP contribution is -2.43. The van der Waals surface area contributed by atoms with Crippen LogP contribution in [0.25, 0.3) is 0 Å². The summed E-state index contributed by atoms with van der Waals surface area (Å²) in [5.41, 5.74) is 5.68. The Morgan fingerprint density at radius 1 is 1.25 bits per heavy atom. The van der Waals surface area contributed by atoms with Crippen LogP contribution in [0.1, 0.15) is 26.2 Å². The van der Waals surface area contributed by atoms with E-state index in [0.717, 1.165) is 6.42 Å². The van der Waals surface area contributed by atoms with E-state index in [1.807, 2.05) is 6.92 Å². The molecule has 0 bridgehead atoms. The Labute approximate surface area is 173 Å². The number of carbonyl (C=O) groups is 1. The first kappa shape index (κ1) is 24.5. The molecule has 28 heavy (non-hydrogen) atoms. The van der Waals surface area contributed by atoms with Crippen LogP contribution in [0.3, 0.4) is 0 Å². The number of amides is 1. The first-order chi connectivity index (χ1) is 12.8. The molecule has 0 saturated carbocycles. The Kier molecular flexibility index (Phi) is 9.49. The van der Waals surface area contributed by atoms with Crippen LogP contribution in [0.2, 0.25) is 0 Å². The third-order valence-electron chi connectivity index (χ3n) is 4.72. The molecule has 1 amide bonds. The monoisotopic (exact) mass is 435 g/mol.